The Labute approximate surface area is 176 Å². The molecule has 11 heteroatoms. The number of likely N-dealkylation sites (tertiary alicyclic amines) is 1. The quantitative estimate of drug-likeness (QED) is 0.717. The molecule has 0 spiro atoms. The molecule has 4 rings (SSSR count). The zero-order valence-corrected chi connectivity index (χ0v) is 17.2. The maximum absolute atomic E-state index is 14.7. The van der Waals surface area contributed by atoms with Crippen LogP contribution in [0.5, 0.6) is 0 Å². The van der Waals surface area contributed by atoms with Crippen LogP contribution < -0.4 is 4.72 Å². The lowest BCUT2D eigenvalue weighted by molar-refractivity contribution is 0.0832. The van der Waals surface area contributed by atoms with Crippen molar-refractivity contribution in [2.45, 2.75) is 24.7 Å². The van der Waals surface area contributed by atoms with Crippen molar-refractivity contribution in [3.05, 3.63) is 59.4 Å². The molecule has 3 atom stereocenters. The number of amidine groups is 1. The summed E-state index contributed by atoms with van der Waals surface area (Å²) in [5.41, 5.74) is -0.443. The molecule has 166 valence electrons. The Kier molecular flexibility index (Phi) is 5.65. The monoisotopic (exact) mass is 457 g/mol. The van der Waals surface area contributed by atoms with E-state index in [-0.39, 0.29) is 36.2 Å². The van der Waals surface area contributed by atoms with E-state index in [4.69, 9.17) is 4.84 Å². The number of nitrogens with one attached hydrogen (secondary N) is 1. The first-order valence-corrected chi connectivity index (χ1v) is 11.3. The molecule has 0 aliphatic carbocycles. The summed E-state index contributed by atoms with van der Waals surface area (Å²) in [6, 6.07) is 6.29. The third kappa shape index (κ3) is 4.38. The zero-order chi connectivity index (χ0) is 22.3. The average Bonchev–Trinajstić information content (AvgIpc) is 3.28. The smallest absolute Gasteiger partial charge is 0.209 e. The van der Waals surface area contributed by atoms with Gasteiger partial charge in [0.15, 0.2) is 6.10 Å². The summed E-state index contributed by atoms with van der Waals surface area (Å²) >= 11 is 0. The first-order chi connectivity index (χ1) is 14.6. The van der Waals surface area contributed by atoms with Crippen molar-refractivity contribution in [1.29, 1.82) is 0 Å². The van der Waals surface area contributed by atoms with Crippen LogP contribution in [0, 0.1) is 17.5 Å². The van der Waals surface area contributed by atoms with Crippen LogP contribution in [-0.2, 0) is 14.9 Å². The summed E-state index contributed by atoms with van der Waals surface area (Å²) in [6.45, 7) is -0.0939. The van der Waals surface area contributed by atoms with E-state index in [2.05, 4.69) is 9.88 Å². The van der Waals surface area contributed by atoms with Crippen molar-refractivity contribution in [2.24, 2.45) is 5.16 Å². The second kappa shape index (κ2) is 8.12. The summed E-state index contributed by atoms with van der Waals surface area (Å²) in [4.78, 5) is 6.87. The molecular formula is C20H19F4N3O3S. The Morgan fingerprint density at radius 2 is 1.71 bits per heavy atom. The van der Waals surface area contributed by atoms with E-state index in [1.54, 1.807) is 0 Å². The van der Waals surface area contributed by atoms with Crippen molar-refractivity contribution < 1.29 is 30.8 Å². The van der Waals surface area contributed by atoms with Gasteiger partial charge in [-0.3, -0.25) is 0 Å². The van der Waals surface area contributed by atoms with Crippen molar-refractivity contribution >= 4 is 15.9 Å². The lowest BCUT2D eigenvalue weighted by atomic mass is 9.93. The normalized spacial score (nSPS) is 23.7. The molecule has 1 saturated heterocycles. The first-order valence-electron chi connectivity index (χ1n) is 9.46. The standard InChI is InChI=1S/C20H19F4N3O3S/c1-31(28,29)26-16-10-27(9-15(16)24)18-8-17(30-25-18)20-11(4-2-5-14(20)23)19-12(21)6-3-7-13(19)22/h2-7,15-17,26H,8-10H2,1H3/t15-,16+,17?/m0/s1. The van der Waals surface area contributed by atoms with Gasteiger partial charge in [0, 0.05) is 12.1 Å². The molecule has 2 heterocycles. The number of sulfonamides is 1. The minimum Gasteiger partial charge on any atom is -0.386 e. The topological polar surface area (TPSA) is 71.0 Å². The molecule has 2 aromatic rings. The van der Waals surface area contributed by atoms with E-state index in [0.717, 1.165) is 24.5 Å². The fraction of sp³-hybridized carbons (Fsp3) is 0.350. The second-order valence-electron chi connectivity index (χ2n) is 7.52. The van der Waals surface area contributed by atoms with E-state index in [1.165, 1.54) is 23.1 Å². The minimum absolute atomic E-state index is 0.00143. The Morgan fingerprint density at radius 3 is 2.39 bits per heavy atom. The largest absolute Gasteiger partial charge is 0.386 e. The Hall–Kier alpha value is -2.66. The highest BCUT2D eigenvalue weighted by atomic mass is 32.2. The maximum atomic E-state index is 14.7. The SMILES string of the molecule is CS(=O)(=O)N[C@@H]1CN(C2=NOC(c3c(F)cccc3-c3c(F)cccc3F)C2)C[C@@H]1F. The summed E-state index contributed by atoms with van der Waals surface area (Å²) in [7, 11) is -3.60. The van der Waals surface area contributed by atoms with Crippen LogP contribution in [0.3, 0.4) is 0 Å². The van der Waals surface area contributed by atoms with Crippen molar-refractivity contribution in [3.63, 3.8) is 0 Å². The average molecular weight is 457 g/mol. The zero-order valence-electron chi connectivity index (χ0n) is 16.4. The highest BCUT2D eigenvalue weighted by molar-refractivity contribution is 7.88. The number of alkyl halides is 1. The van der Waals surface area contributed by atoms with Crippen molar-refractivity contribution in [3.8, 4) is 11.1 Å². The number of nitrogens with zero attached hydrogens (tertiary/aromatic N) is 2. The lowest BCUT2D eigenvalue weighted by Crippen LogP contribution is -2.41. The highest BCUT2D eigenvalue weighted by Crippen LogP contribution is 2.39. The maximum Gasteiger partial charge on any atom is 0.209 e. The predicted octanol–water partition coefficient (Wildman–Crippen LogP) is 3.12. The van der Waals surface area contributed by atoms with Crippen molar-refractivity contribution in [2.75, 3.05) is 19.3 Å². The van der Waals surface area contributed by atoms with Crippen LogP contribution in [-0.4, -0.2) is 50.7 Å². The van der Waals surface area contributed by atoms with Gasteiger partial charge in [0.2, 0.25) is 10.0 Å². The molecule has 1 N–H and O–H groups in total. The highest BCUT2D eigenvalue weighted by Gasteiger charge is 2.39. The molecule has 1 fully saturated rings. The van der Waals surface area contributed by atoms with Gasteiger partial charge in [0.25, 0.3) is 0 Å². The number of hydrogen-bond acceptors (Lipinski definition) is 5. The summed E-state index contributed by atoms with van der Waals surface area (Å²) in [5, 5.41) is 3.91. The van der Waals surface area contributed by atoms with Gasteiger partial charge in [-0.15, -0.1) is 0 Å². The molecule has 0 saturated carbocycles. The van der Waals surface area contributed by atoms with Crippen molar-refractivity contribution in [1.82, 2.24) is 9.62 Å². The van der Waals surface area contributed by atoms with Gasteiger partial charge in [0.1, 0.15) is 29.5 Å². The Balaban J connectivity index is 1.58. The second-order valence-corrected chi connectivity index (χ2v) is 9.30. The molecule has 2 aromatic carbocycles. The van der Waals surface area contributed by atoms with E-state index in [0.29, 0.717) is 5.84 Å². The van der Waals surface area contributed by atoms with Gasteiger partial charge >= 0.3 is 0 Å². The first kappa shape index (κ1) is 21.6. The fourth-order valence-corrected chi connectivity index (χ4v) is 4.68. The van der Waals surface area contributed by atoms with Crippen LogP contribution in [0.25, 0.3) is 11.1 Å². The number of hydrogen-bond donors (Lipinski definition) is 1. The van der Waals surface area contributed by atoms with E-state index >= 15 is 0 Å². The van der Waals surface area contributed by atoms with E-state index in [9.17, 15) is 26.0 Å². The van der Waals surface area contributed by atoms with Gasteiger partial charge in [-0.25, -0.2) is 30.7 Å². The number of halogens is 4. The molecule has 0 bridgehead atoms. The summed E-state index contributed by atoms with van der Waals surface area (Å²) in [6.07, 6.45) is -1.48. The van der Waals surface area contributed by atoms with Gasteiger partial charge in [-0.05, 0) is 23.8 Å². The molecule has 2 aliphatic heterocycles. The van der Waals surface area contributed by atoms with Crippen LogP contribution in [0.4, 0.5) is 17.6 Å². The number of benzene rings is 2. The Bertz CT molecular complexity index is 1120. The molecule has 2 aliphatic rings. The predicted molar refractivity (Wildman–Crippen MR) is 106 cm³/mol. The van der Waals surface area contributed by atoms with Crippen LogP contribution in [0.2, 0.25) is 0 Å². The molecular weight excluding hydrogens is 438 g/mol. The van der Waals surface area contributed by atoms with Gasteiger partial charge in [-0.2, -0.15) is 0 Å². The third-order valence-electron chi connectivity index (χ3n) is 5.24. The van der Waals surface area contributed by atoms with Gasteiger partial charge < -0.3 is 9.74 Å². The fourth-order valence-electron chi connectivity index (χ4n) is 3.90. The molecule has 0 radical (unpaired) electrons. The van der Waals surface area contributed by atoms with E-state index in [1.807, 2.05) is 0 Å². The number of rotatable bonds is 4. The van der Waals surface area contributed by atoms with Crippen LogP contribution in [0.15, 0.2) is 41.6 Å². The summed E-state index contributed by atoms with van der Waals surface area (Å²) < 4.78 is 82.7. The molecule has 31 heavy (non-hydrogen) atoms. The molecule has 6 nitrogen and oxygen atoms in total. The molecule has 1 unspecified atom stereocenters. The lowest BCUT2D eigenvalue weighted by Gasteiger charge is -2.18. The summed E-state index contributed by atoms with van der Waals surface area (Å²) in [5.74, 6) is -2.11. The molecule has 0 aromatic heterocycles. The van der Waals surface area contributed by atoms with Gasteiger partial charge in [-0.1, -0.05) is 23.4 Å². The van der Waals surface area contributed by atoms with E-state index < -0.39 is 45.8 Å². The Morgan fingerprint density at radius 1 is 1.06 bits per heavy atom. The minimum atomic E-state index is -3.60. The van der Waals surface area contributed by atoms with Crippen LogP contribution >= 0.6 is 0 Å². The van der Waals surface area contributed by atoms with Crippen LogP contribution in [0.1, 0.15) is 18.1 Å². The van der Waals surface area contributed by atoms with Gasteiger partial charge in [0.05, 0.1) is 30.8 Å². The molecule has 0 amide bonds. The number of oxime groups is 1. The third-order valence-corrected chi connectivity index (χ3v) is 5.97.